The molecule has 3 N–H and O–H groups in total. The minimum Gasteiger partial charge on any atom is -0.497 e. The van der Waals surface area contributed by atoms with Crippen LogP contribution >= 0.6 is 23.1 Å². The highest BCUT2D eigenvalue weighted by Crippen LogP contribution is 2.37. The summed E-state index contributed by atoms with van der Waals surface area (Å²) in [7, 11) is 3.23. The molecule has 7 nitrogen and oxygen atoms in total. The molecule has 0 aliphatic carbocycles. The average molecular weight is 453 g/mol. The van der Waals surface area contributed by atoms with Crippen LogP contribution < -0.4 is 20.5 Å². The summed E-state index contributed by atoms with van der Waals surface area (Å²) in [5, 5.41) is 6.15. The van der Waals surface area contributed by atoms with Gasteiger partial charge >= 0.3 is 0 Å². The Morgan fingerprint density at radius 1 is 1.03 bits per heavy atom. The minimum absolute atomic E-state index is 0.150. The summed E-state index contributed by atoms with van der Waals surface area (Å²) >= 11 is 2.74. The normalized spacial score (nSPS) is 10.8. The van der Waals surface area contributed by atoms with Crippen LogP contribution in [0, 0.1) is 0 Å². The van der Waals surface area contributed by atoms with Crippen molar-refractivity contribution >= 4 is 50.7 Å². The molecular weight excluding hydrogens is 432 g/mol. The van der Waals surface area contributed by atoms with Crippen molar-refractivity contribution < 1.29 is 14.3 Å². The molecule has 9 heteroatoms. The number of ether oxygens (including phenoxy) is 2. The summed E-state index contributed by atoms with van der Waals surface area (Å²) in [5.41, 5.74) is 8.95. The third kappa shape index (κ3) is 4.73. The molecule has 0 saturated carbocycles. The highest BCUT2D eigenvalue weighted by Gasteiger charge is 2.15. The second-order valence-electron chi connectivity index (χ2n) is 6.51. The van der Waals surface area contributed by atoms with E-state index in [0.29, 0.717) is 16.7 Å². The van der Waals surface area contributed by atoms with E-state index in [1.54, 1.807) is 38.5 Å². The number of nitrogen functional groups attached to an aromatic ring is 1. The number of rotatable bonds is 7. The molecule has 2 aromatic heterocycles. The number of benzene rings is 2. The first-order chi connectivity index (χ1) is 15.1. The maximum absolute atomic E-state index is 12.3. The van der Waals surface area contributed by atoms with Crippen LogP contribution in [0.3, 0.4) is 0 Å². The smallest absolute Gasteiger partial charge is 0.234 e. The standard InChI is InChI=1S/C22H20N4O3S2/c1-28-15-7-3-13(4-8-15)17-11-30-21-19(17)20(23)25-22(26-21)31-12-18(27)24-14-5-9-16(29-2)10-6-14/h3-11H,12H2,1-2H3,(H,24,27)(H2,23,25,26). The van der Waals surface area contributed by atoms with Crippen LogP contribution in [0.25, 0.3) is 21.3 Å². The van der Waals surface area contributed by atoms with Crippen molar-refractivity contribution in [1.82, 2.24) is 9.97 Å². The van der Waals surface area contributed by atoms with E-state index in [9.17, 15) is 4.79 Å². The van der Waals surface area contributed by atoms with Crippen LogP contribution in [0.2, 0.25) is 0 Å². The zero-order chi connectivity index (χ0) is 21.8. The number of thioether (sulfide) groups is 1. The molecule has 1 amide bonds. The number of amides is 1. The zero-order valence-electron chi connectivity index (χ0n) is 16.9. The molecule has 0 fully saturated rings. The van der Waals surface area contributed by atoms with Crippen LogP contribution in [-0.2, 0) is 4.79 Å². The monoisotopic (exact) mass is 452 g/mol. The molecule has 2 heterocycles. The van der Waals surface area contributed by atoms with Crippen molar-refractivity contribution in [3.63, 3.8) is 0 Å². The number of nitrogens with zero attached hydrogens (tertiary/aromatic N) is 2. The molecule has 0 radical (unpaired) electrons. The molecule has 0 aliphatic heterocycles. The molecule has 0 spiro atoms. The van der Waals surface area contributed by atoms with Crippen LogP contribution in [0.5, 0.6) is 11.5 Å². The number of nitrogens with two attached hydrogens (primary N) is 1. The molecular formula is C22H20N4O3S2. The van der Waals surface area contributed by atoms with Gasteiger partial charge in [0.05, 0.1) is 25.4 Å². The number of carbonyl (C=O) groups excluding carboxylic acids is 1. The van der Waals surface area contributed by atoms with Crippen LogP contribution in [0.15, 0.2) is 59.1 Å². The third-order valence-electron chi connectivity index (χ3n) is 4.55. The molecule has 0 bridgehead atoms. The topological polar surface area (TPSA) is 99.4 Å². The number of carbonyl (C=O) groups is 1. The Labute approximate surface area is 187 Å². The lowest BCUT2D eigenvalue weighted by Gasteiger charge is -2.07. The van der Waals surface area contributed by atoms with Gasteiger partial charge in [0, 0.05) is 16.6 Å². The Morgan fingerprint density at radius 3 is 2.32 bits per heavy atom. The number of hydrogen-bond donors (Lipinski definition) is 2. The van der Waals surface area contributed by atoms with Gasteiger partial charge < -0.3 is 20.5 Å². The maximum atomic E-state index is 12.3. The van der Waals surface area contributed by atoms with E-state index in [1.807, 2.05) is 29.6 Å². The van der Waals surface area contributed by atoms with Gasteiger partial charge in [-0.3, -0.25) is 4.79 Å². The SMILES string of the molecule is COc1ccc(NC(=O)CSc2nc(N)c3c(-c4ccc(OC)cc4)csc3n2)cc1. The molecule has 4 rings (SSSR count). The van der Waals surface area contributed by atoms with E-state index in [2.05, 4.69) is 15.3 Å². The van der Waals surface area contributed by atoms with Gasteiger partial charge in [-0.1, -0.05) is 23.9 Å². The summed E-state index contributed by atoms with van der Waals surface area (Å²) < 4.78 is 10.3. The lowest BCUT2D eigenvalue weighted by Crippen LogP contribution is -2.14. The van der Waals surface area contributed by atoms with Crippen LogP contribution in [0.4, 0.5) is 11.5 Å². The number of thiophene rings is 1. The molecule has 158 valence electrons. The van der Waals surface area contributed by atoms with E-state index in [4.69, 9.17) is 15.2 Å². The lowest BCUT2D eigenvalue weighted by atomic mass is 10.1. The number of anilines is 2. The first kappa shape index (κ1) is 21.0. The Hall–Kier alpha value is -3.30. The van der Waals surface area contributed by atoms with Gasteiger partial charge in [0.2, 0.25) is 5.91 Å². The second-order valence-corrected chi connectivity index (χ2v) is 8.32. The van der Waals surface area contributed by atoms with E-state index in [1.165, 1.54) is 23.1 Å². The van der Waals surface area contributed by atoms with Crippen LogP contribution in [0.1, 0.15) is 0 Å². The Bertz CT molecular complexity index is 1210. The van der Waals surface area contributed by atoms with Gasteiger partial charge in [0.1, 0.15) is 22.1 Å². The van der Waals surface area contributed by atoms with Crippen molar-refractivity contribution in [1.29, 1.82) is 0 Å². The lowest BCUT2D eigenvalue weighted by molar-refractivity contribution is -0.113. The predicted molar refractivity (Wildman–Crippen MR) is 126 cm³/mol. The third-order valence-corrected chi connectivity index (χ3v) is 6.27. The Kier molecular flexibility index (Phi) is 6.24. The summed E-state index contributed by atoms with van der Waals surface area (Å²) in [6, 6.07) is 14.9. The molecule has 0 aliphatic rings. The van der Waals surface area contributed by atoms with E-state index < -0.39 is 0 Å². The van der Waals surface area contributed by atoms with E-state index in [0.717, 1.165) is 32.8 Å². The van der Waals surface area contributed by atoms with Crippen molar-refractivity contribution in [3.05, 3.63) is 53.9 Å². The van der Waals surface area contributed by atoms with Gasteiger partial charge in [-0.15, -0.1) is 11.3 Å². The highest BCUT2D eigenvalue weighted by atomic mass is 32.2. The van der Waals surface area contributed by atoms with Gasteiger partial charge in [-0.25, -0.2) is 9.97 Å². The zero-order valence-corrected chi connectivity index (χ0v) is 18.5. The van der Waals surface area contributed by atoms with Crippen molar-refractivity contribution in [2.45, 2.75) is 5.16 Å². The fraction of sp³-hybridized carbons (Fsp3) is 0.136. The summed E-state index contributed by atoms with van der Waals surface area (Å²) in [4.78, 5) is 22.1. The van der Waals surface area contributed by atoms with E-state index in [-0.39, 0.29) is 11.7 Å². The molecule has 0 atom stereocenters. The van der Waals surface area contributed by atoms with Crippen molar-refractivity contribution in [2.75, 3.05) is 31.0 Å². The quantitative estimate of drug-likeness (QED) is 0.310. The number of methoxy groups -OCH3 is 2. The molecule has 31 heavy (non-hydrogen) atoms. The minimum atomic E-state index is -0.150. The number of nitrogens with one attached hydrogen (secondary N) is 1. The number of fused-ring (bicyclic) bond motifs is 1. The predicted octanol–water partition coefficient (Wildman–Crippen LogP) is 4.69. The van der Waals surface area contributed by atoms with Gasteiger partial charge in [-0.05, 0) is 42.0 Å². The van der Waals surface area contributed by atoms with Crippen molar-refractivity contribution in [2.24, 2.45) is 0 Å². The number of aromatic nitrogens is 2. The molecule has 0 unspecified atom stereocenters. The van der Waals surface area contributed by atoms with E-state index >= 15 is 0 Å². The van der Waals surface area contributed by atoms with Crippen LogP contribution in [-0.4, -0.2) is 35.8 Å². The second kappa shape index (κ2) is 9.23. The Balaban J connectivity index is 1.46. The fourth-order valence-corrected chi connectivity index (χ4v) is 4.66. The van der Waals surface area contributed by atoms with Gasteiger partial charge in [-0.2, -0.15) is 0 Å². The molecule has 0 saturated heterocycles. The number of hydrogen-bond acceptors (Lipinski definition) is 8. The summed E-state index contributed by atoms with van der Waals surface area (Å²) in [6.45, 7) is 0. The average Bonchev–Trinajstić information content (AvgIpc) is 3.23. The Morgan fingerprint density at radius 2 is 1.68 bits per heavy atom. The largest absolute Gasteiger partial charge is 0.497 e. The first-order valence-electron chi connectivity index (χ1n) is 9.33. The van der Waals surface area contributed by atoms with Gasteiger partial charge in [0.15, 0.2) is 5.16 Å². The summed E-state index contributed by atoms with van der Waals surface area (Å²) in [5.74, 6) is 1.94. The van der Waals surface area contributed by atoms with Crippen molar-refractivity contribution in [3.8, 4) is 22.6 Å². The maximum Gasteiger partial charge on any atom is 0.234 e. The molecule has 4 aromatic rings. The molecule has 2 aromatic carbocycles. The summed E-state index contributed by atoms with van der Waals surface area (Å²) in [6.07, 6.45) is 0. The fourth-order valence-electron chi connectivity index (χ4n) is 3.00. The van der Waals surface area contributed by atoms with Gasteiger partial charge in [0.25, 0.3) is 0 Å². The first-order valence-corrected chi connectivity index (χ1v) is 11.2. The highest BCUT2D eigenvalue weighted by molar-refractivity contribution is 7.99.